The molecule has 0 bridgehead atoms. The molecule has 3 N–H and O–H groups in total. The van der Waals surface area contributed by atoms with E-state index in [-0.39, 0.29) is 29.7 Å². The van der Waals surface area contributed by atoms with E-state index in [1.807, 2.05) is 12.1 Å². The predicted octanol–water partition coefficient (Wildman–Crippen LogP) is 2.37. The maximum absolute atomic E-state index is 12.9. The number of carboxylic acids is 2. The van der Waals surface area contributed by atoms with Crippen molar-refractivity contribution < 1.29 is 38.5 Å². The number of ether oxygens (including phenoxy) is 2. The minimum absolute atomic E-state index is 0.0424. The van der Waals surface area contributed by atoms with Gasteiger partial charge < -0.3 is 34.3 Å². The smallest absolute Gasteiger partial charge is 0.345 e. The molecule has 0 saturated heterocycles. The van der Waals surface area contributed by atoms with Crippen LogP contribution in [-0.4, -0.2) is 78.7 Å². The molecule has 3 rings (SSSR count). The van der Waals surface area contributed by atoms with E-state index in [9.17, 15) is 29.7 Å². The van der Waals surface area contributed by atoms with Gasteiger partial charge in [-0.2, -0.15) is 10.5 Å². The average Bonchev–Trinajstić information content (AvgIpc) is 3.02. The van der Waals surface area contributed by atoms with E-state index in [0.717, 1.165) is 6.21 Å². The molecule has 2 heterocycles. The van der Waals surface area contributed by atoms with Gasteiger partial charge in [0.25, 0.3) is 5.91 Å². The Bertz CT molecular complexity index is 1700. The fraction of sp³-hybridized carbons (Fsp3) is 0.333. The SMILES string of the molecule is COc1ccnc(C(=O)NC(C#N)C(C#N)N=Cc2cc3c(OC)cc(N(CCCC(=O)O)CCCC(=O)O)cc3oc2=O)c1. The van der Waals surface area contributed by atoms with Gasteiger partial charge in [-0.3, -0.25) is 24.4 Å². The first-order valence-electron chi connectivity index (χ1n) is 13.6. The van der Waals surface area contributed by atoms with E-state index in [1.165, 1.54) is 38.6 Å². The molecule has 0 spiro atoms. The standard InChI is InChI=1S/C30H30N6O9/c1-43-20-7-8-33-22(14-20)29(41)35-24(16-32)23(15-31)34-17-18-11-21-25(44-2)12-19(13-26(21)45-30(18)42)36(9-3-5-27(37)38)10-4-6-28(39)40/h7-8,11-14,17,23-24H,3-6,9-10H2,1-2H3,(H,35,41)(H,37,38)(H,39,40). The van der Waals surface area contributed by atoms with E-state index in [4.69, 9.17) is 24.1 Å². The number of nitriles is 2. The topological polar surface area (TPSA) is 228 Å². The summed E-state index contributed by atoms with van der Waals surface area (Å²) < 4.78 is 16.1. The van der Waals surface area contributed by atoms with Crippen LogP contribution in [0.25, 0.3) is 11.0 Å². The second-order valence-electron chi connectivity index (χ2n) is 9.54. The van der Waals surface area contributed by atoms with Gasteiger partial charge in [0.05, 0.1) is 37.3 Å². The van der Waals surface area contributed by atoms with Crippen LogP contribution in [0.2, 0.25) is 0 Å². The fourth-order valence-corrected chi connectivity index (χ4v) is 4.25. The zero-order chi connectivity index (χ0) is 32.9. The molecule has 2 atom stereocenters. The first-order chi connectivity index (χ1) is 21.6. The molecular weight excluding hydrogens is 588 g/mol. The van der Waals surface area contributed by atoms with Crippen molar-refractivity contribution in [1.82, 2.24) is 10.3 Å². The second-order valence-corrected chi connectivity index (χ2v) is 9.54. The molecule has 3 aromatic rings. The first-order valence-corrected chi connectivity index (χ1v) is 13.6. The van der Waals surface area contributed by atoms with Crippen LogP contribution >= 0.6 is 0 Å². The van der Waals surface area contributed by atoms with E-state index in [1.54, 1.807) is 17.0 Å². The molecule has 0 aliphatic rings. The van der Waals surface area contributed by atoms with Crippen molar-refractivity contribution in [3.05, 3.63) is 58.2 Å². The number of carbonyl (C=O) groups is 3. The molecule has 15 nitrogen and oxygen atoms in total. The maximum Gasteiger partial charge on any atom is 0.345 e. The van der Waals surface area contributed by atoms with Crippen molar-refractivity contribution in [1.29, 1.82) is 10.5 Å². The molecule has 2 unspecified atom stereocenters. The lowest BCUT2D eigenvalue weighted by atomic mass is 10.1. The quantitative estimate of drug-likeness (QED) is 0.155. The highest BCUT2D eigenvalue weighted by Crippen LogP contribution is 2.32. The summed E-state index contributed by atoms with van der Waals surface area (Å²) in [6, 6.07) is 8.41. The van der Waals surface area contributed by atoms with Crippen molar-refractivity contribution in [2.75, 3.05) is 32.2 Å². The third-order valence-electron chi connectivity index (χ3n) is 6.50. The molecule has 2 aromatic heterocycles. The van der Waals surface area contributed by atoms with E-state index < -0.39 is 35.6 Å². The molecule has 0 saturated carbocycles. The Morgan fingerprint density at radius 1 is 1.07 bits per heavy atom. The normalized spacial score (nSPS) is 12.1. The van der Waals surface area contributed by atoms with Crippen LogP contribution < -0.4 is 25.3 Å². The molecule has 15 heteroatoms. The number of hydrogen-bond acceptors (Lipinski definition) is 12. The number of pyridine rings is 1. The van der Waals surface area contributed by atoms with Gasteiger partial charge in [-0.25, -0.2) is 4.79 Å². The molecule has 1 amide bonds. The number of aromatic nitrogens is 1. The molecular formula is C30H30N6O9. The Morgan fingerprint density at radius 3 is 2.33 bits per heavy atom. The predicted molar refractivity (Wildman–Crippen MR) is 160 cm³/mol. The average molecular weight is 619 g/mol. The summed E-state index contributed by atoms with van der Waals surface area (Å²) in [5.74, 6) is -2.00. The monoisotopic (exact) mass is 618 g/mol. The van der Waals surface area contributed by atoms with Gasteiger partial charge in [0.15, 0.2) is 12.1 Å². The van der Waals surface area contributed by atoms with Gasteiger partial charge in [0.2, 0.25) is 0 Å². The van der Waals surface area contributed by atoms with Crippen molar-refractivity contribution in [2.24, 2.45) is 4.99 Å². The Balaban J connectivity index is 1.89. The lowest BCUT2D eigenvalue weighted by molar-refractivity contribution is -0.138. The molecule has 0 aliphatic heterocycles. The van der Waals surface area contributed by atoms with Gasteiger partial charge in [-0.1, -0.05) is 0 Å². The largest absolute Gasteiger partial charge is 0.497 e. The summed E-state index contributed by atoms with van der Waals surface area (Å²) in [6.45, 7) is 0.602. The summed E-state index contributed by atoms with van der Waals surface area (Å²) in [4.78, 5) is 57.3. The number of nitrogens with zero attached hydrogens (tertiary/aromatic N) is 5. The van der Waals surface area contributed by atoms with Gasteiger partial charge in [0.1, 0.15) is 22.8 Å². The van der Waals surface area contributed by atoms with E-state index >= 15 is 0 Å². The molecule has 45 heavy (non-hydrogen) atoms. The number of hydrogen-bond donors (Lipinski definition) is 3. The maximum atomic E-state index is 12.9. The van der Waals surface area contributed by atoms with Gasteiger partial charge in [0, 0.05) is 62.2 Å². The van der Waals surface area contributed by atoms with Crippen LogP contribution in [0.3, 0.4) is 0 Å². The van der Waals surface area contributed by atoms with Gasteiger partial charge in [-0.15, -0.1) is 0 Å². The van der Waals surface area contributed by atoms with Gasteiger partial charge >= 0.3 is 17.6 Å². The number of aliphatic carboxylic acids is 2. The van der Waals surface area contributed by atoms with Crippen molar-refractivity contribution >= 4 is 40.7 Å². The summed E-state index contributed by atoms with van der Waals surface area (Å²) >= 11 is 0. The minimum atomic E-state index is -1.39. The summed E-state index contributed by atoms with van der Waals surface area (Å²) in [6.07, 6.45) is 2.83. The molecule has 0 radical (unpaired) electrons. The number of rotatable bonds is 16. The number of methoxy groups -OCH3 is 2. The van der Waals surface area contributed by atoms with Crippen molar-refractivity contribution in [3.8, 4) is 23.6 Å². The highest BCUT2D eigenvalue weighted by Gasteiger charge is 2.24. The molecule has 0 aliphatic carbocycles. The number of anilines is 1. The van der Waals surface area contributed by atoms with Gasteiger partial charge in [-0.05, 0) is 25.0 Å². The number of aliphatic imine (C=N–C) groups is 1. The summed E-state index contributed by atoms with van der Waals surface area (Å²) in [7, 11) is 2.82. The number of amides is 1. The third-order valence-corrected chi connectivity index (χ3v) is 6.50. The van der Waals surface area contributed by atoms with Crippen molar-refractivity contribution in [3.63, 3.8) is 0 Å². The lowest BCUT2D eigenvalue weighted by Gasteiger charge is -2.25. The number of nitrogens with one attached hydrogen (secondary N) is 1. The van der Waals surface area contributed by atoms with Crippen LogP contribution in [0.15, 0.2) is 50.7 Å². The Hall–Kier alpha value is -5.96. The summed E-state index contributed by atoms with van der Waals surface area (Å²) in [5.41, 5.74) is -0.256. The van der Waals surface area contributed by atoms with Crippen LogP contribution in [-0.2, 0) is 9.59 Å². The van der Waals surface area contributed by atoms with Crippen LogP contribution in [0.1, 0.15) is 41.7 Å². The molecule has 1 aromatic carbocycles. The zero-order valence-electron chi connectivity index (χ0n) is 24.4. The van der Waals surface area contributed by atoms with Crippen molar-refractivity contribution in [2.45, 2.75) is 37.8 Å². The highest BCUT2D eigenvalue weighted by atomic mass is 16.5. The second kappa shape index (κ2) is 16.0. The fourth-order valence-electron chi connectivity index (χ4n) is 4.25. The molecule has 234 valence electrons. The van der Waals surface area contributed by atoms with Crippen LogP contribution in [0.5, 0.6) is 11.5 Å². The lowest BCUT2D eigenvalue weighted by Crippen LogP contribution is -2.41. The highest BCUT2D eigenvalue weighted by molar-refractivity contribution is 5.94. The number of carbonyl (C=O) groups excluding carboxylic acids is 1. The minimum Gasteiger partial charge on any atom is -0.497 e. The van der Waals surface area contributed by atoms with E-state index in [0.29, 0.717) is 48.5 Å². The summed E-state index contributed by atoms with van der Waals surface area (Å²) in [5, 5.41) is 40.1. The Labute approximate surface area is 256 Å². The van der Waals surface area contributed by atoms with Crippen LogP contribution in [0, 0.1) is 22.7 Å². The zero-order valence-corrected chi connectivity index (χ0v) is 24.4. The number of carboxylic acid groups (broad SMARTS) is 2. The number of fused-ring (bicyclic) bond motifs is 1. The first kappa shape index (κ1) is 33.5. The third kappa shape index (κ3) is 9.26. The van der Waals surface area contributed by atoms with Crippen LogP contribution in [0.4, 0.5) is 5.69 Å². The number of benzene rings is 1. The Morgan fingerprint density at radius 2 is 1.76 bits per heavy atom. The Kier molecular flexibility index (Phi) is 12.0. The molecule has 0 fully saturated rings. The van der Waals surface area contributed by atoms with E-state index in [2.05, 4.69) is 15.3 Å².